The first-order valence-electron chi connectivity index (χ1n) is 5.09. The molecule has 1 radical (unpaired) electrons. The molecule has 0 N–H and O–H groups in total. The minimum atomic E-state index is 0. The van der Waals surface area contributed by atoms with Crippen LogP contribution in [0.25, 0.3) is 22.0 Å². The summed E-state index contributed by atoms with van der Waals surface area (Å²) in [4.78, 5) is 4.41. The molecule has 2 aromatic heterocycles. The SMILES string of the molecule is Cn1[c-]c(-c2cc3ccccc3cn2)cn1.[Ir]. The predicted octanol–water partition coefficient (Wildman–Crippen LogP) is 2.43. The van der Waals surface area contributed by atoms with Gasteiger partial charge in [-0.15, -0.1) is 5.56 Å². The fourth-order valence-corrected chi connectivity index (χ4v) is 1.73. The van der Waals surface area contributed by atoms with Gasteiger partial charge in [0.1, 0.15) is 0 Å². The molecule has 3 rings (SSSR count). The van der Waals surface area contributed by atoms with Crippen molar-refractivity contribution in [3.63, 3.8) is 0 Å². The Kier molecular flexibility index (Phi) is 3.36. The van der Waals surface area contributed by atoms with Crippen molar-refractivity contribution in [2.24, 2.45) is 7.05 Å². The number of hydrogen-bond acceptors (Lipinski definition) is 2. The van der Waals surface area contributed by atoms with Crippen molar-refractivity contribution in [3.05, 3.63) is 48.9 Å². The monoisotopic (exact) mass is 401 g/mol. The number of benzene rings is 1. The fourth-order valence-electron chi connectivity index (χ4n) is 1.73. The van der Waals surface area contributed by atoms with Gasteiger partial charge in [-0.3, -0.25) is 5.10 Å². The Morgan fingerprint density at radius 3 is 2.59 bits per heavy atom. The minimum absolute atomic E-state index is 0. The van der Waals surface area contributed by atoms with Crippen LogP contribution in [-0.2, 0) is 27.2 Å². The topological polar surface area (TPSA) is 30.7 Å². The van der Waals surface area contributed by atoms with Gasteiger partial charge in [0, 0.05) is 33.3 Å². The van der Waals surface area contributed by atoms with Gasteiger partial charge in [-0.2, -0.15) is 0 Å². The Morgan fingerprint density at radius 2 is 1.88 bits per heavy atom. The van der Waals surface area contributed by atoms with Crippen LogP contribution in [0.4, 0.5) is 0 Å². The Hall–Kier alpha value is -1.51. The second kappa shape index (κ2) is 4.78. The molecule has 0 aliphatic rings. The van der Waals surface area contributed by atoms with Crippen LogP contribution in [-0.4, -0.2) is 14.8 Å². The molecule has 0 atom stereocenters. The van der Waals surface area contributed by atoms with Crippen molar-refractivity contribution in [3.8, 4) is 11.3 Å². The fraction of sp³-hybridized carbons (Fsp3) is 0.0769. The largest absolute Gasteiger partial charge is 0.343 e. The summed E-state index contributed by atoms with van der Waals surface area (Å²) >= 11 is 0. The summed E-state index contributed by atoms with van der Waals surface area (Å²) in [6.45, 7) is 0. The van der Waals surface area contributed by atoms with E-state index in [1.165, 1.54) is 5.39 Å². The van der Waals surface area contributed by atoms with Gasteiger partial charge in [0.05, 0.1) is 0 Å². The molecule has 87 valence electrons. The van der Waals surface area contributed by atoms with E-state index in [0.29, 0.717) is 0 Å². The van der Waals surface area contributed by atoms with Gasteiger partial charge in [-0.1, -0.05) is 42.7 Å². The van der Waals surface area contributed by atoms with E-state index in [2.05, 4.69) is 34.5 Å². The van der Waals surface area contributed by atoms with Gasteiger partial charge in [0.25, 0.3) is 0 Å². The normalized spacial score (nSPS) is 10.2. The number of aryl methyl sites for hydroxylation is 1. The zero-order valence-corrected chi connectivity index (χ0v) is 11.6. The van der Waals surface area contributed by atoms with E-state index in [9.17, 15) is 0 Å². The van der Waals surface area contributed by atoms with E-state index in [-0.39, 0.29) is 20.1 Å². The Morgan fingerprint density at radius 1 is 1.12 bits per heavy atom. The summed E-state index contributed by atoms with van der Waals surface area (Å²) in [5, 5.41) is 6.43. The molecule has 0 aliphatic carbocycles. The molecule has 0 amide bonds. The number of nitrogens with zero attached hydrogens (tertiary/aromatic N) is 3. The smallest absolute Gasteiger partial charge is 0.0202 e. The summed E-state index contributed by atoms with van der Waals surface area (Å²) in [7, 11) is 1.85. The van der Waals surface area contributed by atoms with E-state index in [1.807, 2.05) is 25.4 Å². The maximum Gasteiger partial charge on any atom is 0.0202 e. The molecule has 0 saturated carbocycles. The van der Waals surface area contributed by atoms with Crippen LogP contribution in [0.15, 0.2) is 42.7 Å². The van der Waals surface area contributed by atoms with Gasteiger partial charge < -0.3 is 9.67 Å². The van der Waals surface area contributed by atoms with Crippen LogP contribution in [0.5, 0.6) is 0 Å². The van der Waals surface area contributed by atoms with E-state index in [1.54, 1.807) is 10.9 Å². The van der Waals surface area contributed by atoms with Crippen molar-refractivity contribution >= 4 is 10.8 Å². The third-order valence-corrected chi connectivity index (χ3v) is 2.55. The Labute approximate surface area is 113 Å². The van der Waals surface area contributed by atoms with Crippen LogP contribution in [0.1, 0.15) is 0 Å². The van der Waals surface area contributed by atoms with E-state index in [4.69, 9.17) is 0 Å². The van der Waals surface area contributed by atoms with Gasteiger partial charge in [-0.05, 0) is 16.5 Å². The van der Waals surface area contributed by atoms with Crippen LogP contribution in [0, 0.1) is 6.20 Å². The molecule has 0 bridgehead atoms. The first-order chi connectivity index (χ1) is 7.83. The van der Waals surface area contributed by atoms with Gasteiger partial charge in [0.2, 0.25) is 0 Å². The zero-order valence-electron chi connectivity index (χ0n) is 9.22. The average molecular weight is 400 g/mol. The molecular formula is C13H10IrN3-. The quantitative estimate of drug-likeness (QED) is 0.588. The summed E-state index contributed by atoms with van der Waals surface area (Å²) in [5.41, 5.74) is 1.83. The van der Waals surface area contributed by atoms with Crippen molar-refractivity contribution < 1.29 is 20.1 Å². The molecule has 4 heteroatoms. The maximum atomic E-state index is 4.41. The maximum absolute atomic E-state index is 4.41. The van der Waals surface area contributed by atoms with Crippen molar-refractivity contribution in [2.75, 3.05) is 0 Å². The van der Waals surface area contributed by atoms with Crippen molar-refractivity contribution in [1.29, 1.82) is 0 Å². The van der Waals surface area contributed by atoms with Crippen molar-refractivity contribution in [2.45, 2.75) is 0 Å². The summed E-state index contributed by atoms with van der Waals surface area (Å²) < 4.78 is 1.66. The minimum Gasteiger partial charge on any atom is -0.343 e. The van der Waals surface area contributed by atoms with Gasteiger partial charge in [0.15, 0.2) is 0 Å². The van der Waals surface area contributed by atoms with Crippen LogP contribution in [0.2, 0.25) is 0 Å². The van der Waals surface area contributed by atoms with E-state index >= 15 is 0 Å². The molecule has 0 fully saturated rings. The first-order valence-corrected chi connectivity index (χ1v) is 5.09. The van der Waals surface area contributed by atoms with Crippen LogP contribution >= 0.6 is 0 Å². The third kappa shape index (κ3) is 2.28. The molecule has 2 heterocycles. The van der Waals surface area contributed by atoms with Crippen LogP contribution < -0.4 is 0 Å². The molecule has 3 aromatic rings. The molecular weight excluding hydrogens is 390 g/mol. The Bertz CT molecular complexity index is 646. The first kappa shape index (κ1) is 12.0. The van der Waals surface area contributed by atoms with Gasteiger partial charge in [-0.25, -0.2) is 0 Å². The second-order valence-corrected chi connectivity index (χ2v) is 3.71. The third-order valence-electron chi connectivity index (χ3n) is 2.55. The summed E-state index contributed by atoms with van der Waals surface area (Å²) in [6.07, 6.45) is 6.76. The number of pyridine rings is 1. The van der Waals surface area contributed by atoms with E-state index in [0.717, 1.165) is 16.6 Å². The predicted molar refractivity (Wildman–Crippen MR) is 62.8 cm³/mol. The second-order valence-electron chi connectivity index (χ2n) is 3.71. The molecule has 1 aromatic carbocycles. The number of fused-ring (bicyclic) bond motifs is 1. The van der Waals surface area contributed by atoms with E-state index < -0.39 is 0 Å². The molecule has 0 unspecified atom stereocenters. The molecule has 3 nitrogen and oxygen atoms in total. The van der Waals surface area contributed by atoms with Crippen molar-refractivity contribution in [1.82, 2.24) is 14.8 Å². The number of aromatic nitrogens is 3. The number of rotatable bonds is 1. The summed E-state index contributed by atoms with van der Waals surface area (Å²) in [6, 6.07) is 10.2. The molecule has 17 heavy (non-hydrogen) atoms. The zero-order chi connectivity index (χ0) is 11.0. The molecule has 0 spiro atoms. The summed E-state index contributed by atoms with van der Waals surface area (Å²) in [5.74, 6) is 0. The number of hydrogen-bond donors (Lipinski definition) is 0. The molecule has 0 saturated heterocycles. The van der Waals surface area contributed by atoms with Crippen LogP contribution in [0.3, 0.4) is 0 Å². The Balaban J connectivity index is 0.00000108. The average Bonchev–Trinajstić information content (AvgIpc) is 2.75. The molecule has 0 aliphatic heterocycles. The van der Waals surface area contributed by atoms with Gasteiger partial charge >= 0.3 is 0 Å². The standard InChI is InChI=1S/C13H10N3.Ir/c1-16-9-12(8-15-16)13-6-10-4-2-3-5-11(10)7-14-13;/h2-8H,1H3;/q-1;.